The van der Waals surface area contributed by atoms with E-state index in [1.165, 1.54) is 25.0 Å². The van der Waals surface area contributed by atoms with E-state index in [9.17, 15) is 8.42 Å². The Morgan fingerprint density at radius 3 is 2.47 bits per heavy atom. The lowest BCUT2D eigenvalue weighted by Crippen LogP contribution is -2.30. The fourth-order valence-electron chi connectivity index (χ4n) is 1.96. The Bertz CT molecular complexity index is 498. The normalized spacial score (nSPS) is 16.9. The zero-order valence-electron chi connectivity index (χ0n) is 10.5. The van der Waals surface area contributed by atoms with E-state index in [1.807, 2.05) is 0 Å². The first-order valence-corrected chi connectivity index (χ1v) is 8.47. The van der Waals surface area contributed by atoms with Crippen molar-refractivity contribution >= 4 is 26.0 Å². The number of benzene rings is 1. The van der Waals surface area contributed by atoms with Gasteiger partial charge < -0.3 is 4.90 Å². The third-order valence-corrected chi connectivity index (χ3v) is 4.76. The molecule has 106 valence electrons. The fraction of sp³-hybridized carbons (Fsp3) is 0.500. The van der Waals surface area contributed by atoms with Crippen molar-refractivity contribution in [2.45, 2.75) is 17.7 Å². The van der Waals surface area contributed by atoms with E-state index in [-0.39, 0.29) is 4.90 Å². The second kappa shape index (κ2) is 6.81. The fourth-order valence-corrected chi connectivity index (χ4v) is 3.06. The molecule has 1 aromatic rings. The summed E-state index contributed by atoms with van der Waals surface area (Å²) in [5, 5.41) is 0. The summed E-state index contributed by atoms with van der Waals surface area (Å²) in [6.07, 6.45) is 2.43. The molecule has 19 heavy (non-hydrogen) atoms. The average Bonchev–Trinajstić information content (AvgIpc) is 2.88. The molecule has 0 amide bonds. The van der Waals surface area contributed by atoms with Gasteiger partial charge in [-0.2, -0.15) is 0 Å². The highest BCUT2D eigenvalue weighted by Gasteiger charge is 2.15. The van der Waals surface area contributed by atoms with Gasteiger partial charge in [0.05, 0.1) is 11.5 Å². The van der Waals surface area contributed by atoms with Crippen molar-refractivity contribution < 1.29 is 13.3 Å². The standard InChI is InChI=1S/C12H17BrN2O3S/c13-11-3-5-12(6-4-11)19(16,17)14-18-10-9-15-7-1-2-8-15/h3-6,14H,1-2,7-10H2. The number of sulfonamides is 1. The number of nitrogens with one attached hydrogen (secondary N) is 1. The van der Waals surface area contributed by atoms with E-state index >= 15 is 0 Å². The molecule has 1 N–H and O–H groups in total. The summed E-state index contributed by atoms with van der Waals surface area (Å²) < 4.78 is 24.6. The van der Waals surface area contributed by atoms with Crippen molar-refractivity contribution in [3.63, 3.8) is 0 Å². The SMILES string of the molecule is O=S(=O)(NOCCN1CCCC1)c1ccc(Br)cc1. The lowest BCUT2D eigenvalue weighted by Gasteiger charge is -2.14. The van der Waals surface area contributed by atoms with Gasteiger partial charge in [0.2, 0.25) is 0 Å². The first kappa shape index (κ1) is 14.9. The minimum Gasteiger partial charge on any atom is -0.301 e. The average molecular weight is 349 g/mol. The Kier molecular flexibility index (Phi) is 5.35. The first-order chi connectivity index (χ1) is 9.08. The molecule has 1 heterocycles. The van der Waals surface area contributed by atoms with Crippen LogP contribution in [0.5, 0.6) is 0 Å². The molecule has 0 unspecified atom stereocenters. The predicted octanol–water partition coefficient (Wildman–Crippen LogP) is 1.75. The molecule has 0 aliphatic carbocycles. The quantitative estimate of drug-likeness (QED) is 0.628. The molecular weight excluding hydrogens is 332 g/mol. The van der Waals surface area contributed by atoms with Crippen LogP contribution in [0.4, 0.5) is 0 Å². The van der Waals surface area contributed by atoms with Crippen LogP contribution >= 0.6 is 15.9 Å². The second-order valence-corrected chi connectivity index (χ2v) is 7.00. The summed E-state index contributed by atoms with van der Waals surface area (Å²) in [7, 11) is -3.58. The number of halogens is 1. The van der Waals surface area contributed by atoms with E-state index in [1.54, 1.807) is 12.1 Å². The zero-order valence-corrected chi connectivity index (χ0v) is 12.9. The van der Waals surface area contributed by atoms with Crippen LogP contribution < -0.4 is 4.89 Å². The molecule has 1 aromatic carbocycles. The maximum atomic E-state index is 11.9. The van der Waals surface area contributed by atoms with Gasteiger partial charge in [0.15, 0.2) is 0 Å². The molecule has 0 spiro atoms. The molecule has 0 atom stereocenters. The van der Waals surface area contributed by atoms with E-state index < -0.39 is 10.0 Å². The molecule has 2 rings (SSSR count). The highest BCUT2D eigenvalue weighted by molar-refractivity contribution is 9.10. The number of hydrogen-bond donors (Lipinski definition) is 1. The van der Waals surface area contributed by atoms with Crippen LogP contribution in [0.25, 0.3) is 0 Å². The van der Waals surface area contributed by atoms with Gasteiger partial charge in [-0.25, -0.2) is 8.42 Å². The van der Waals surface area contributed by atoms with Crippen LogP contribution in [0, 0.1) is 0 Å². The number of hydrogen-bond acceptors (Lipinski definition) is 4. The summed E-state index contributed by atoms with van der Waals surface area (Å²) >= 11 is 3.26. The van der Waals surface area contributed by atoms with Gasteiger partial charge in [-0.15, -0.1) is 0 Å². The summed E-state index contributed by atoms with van der Waals surface area (Å²) in [5.41, 5.74) is 0. The van der Waals surface area contributed by atoms with Crippen LogP contribution in [0.3, 0.4) is 0 Å². The number of rotatable bonds is 6. The molecule has 7 heteroatoms. The Morgan fingerprint density at radius 1 is 1.21 bits per heavy atom. The molecular formula is C12H17BrN2O3S. The highest BCUT2D eigenvalue weighted by Crippen LogP contribution is 2.14. The zero-order chi connectivity index (χ0) is 13.7. The molecule has 0 radical (unpaired) electrons. The van der Waals surface area contributed by atoms with Gasteiger partial charge >= 0.3 is 0 Å². The third-order valence-electron chi connectivity index (χ3n) is 3.00. The van der Waals surface area contributed by atoms with E-state index in [4.69, 9.17) is 4.84 Å². The van der Waals surface area contributed by atoms with Crippen molar-refractivity contribution in [1.29, 1.82) is 0 Å². The van der Waals surface area contributed by atoms with Crippen LogP contribution in [0.2, 0.25) is 0 Å². The van der Waals surface area contributed by atoms with Crippen molar-refractivity contribution in [3.8, 4) is 0 Å². The Labute approximate surface area is 122 Å². The van der Waals surface area contributed by atoms with Crippen LogP contribution in [0.15, 0.2) is 33.6 Å². The van der Waals surface area contributed by atoms with Crippen LogP contribution in [-0.4, -0.2) is 39.6 Å². The molecule has 0 saturated carbocycles. The molecule has 1 fully saturated rings. The molecule has 0 bridgehead atoms. The van der Waals surface area contributed by atoms with Gasteiger partial charge in [0, 0.05) is 11.0 Å². The Morgan fingerprint density at radius 2 is 1.84 bits per heavy atom. The Hall–Kier alpha value is -0.470. The van der Waals surface area contributed by atoms with Gasteiger partial charge in [0.1, 0.15) is 0 Å². The lowest BCUT2D eigenvalue weighted by atomic mass is 10.4. The van der Waals surface area contributed by atoms with Crippen LogP contribution in [-0.2, 0) is 14.9 Å². The predicted molar refractivity (Wildman–Crippen MR) is 76.1 cm³/mol. The minimum atomic E-state index is -3.58. The Balaban J connectivity index is 1.79. The minimum absolute atomic E-state index is 0.192. The monoisotopic (exact) mass is 348 g/mol. The van der Waals surface area contributed by atoms with E-state index in [2.05, 4.69) is 25.7 Å². The van der Waals surface area contributed by atoms with Crippen molar-refractivity contribution in [2.75, 3.05) is 26.2 Å². The highest BCUT2D eigenvalue weighted by atomic mass is 79.9. The summed E-state index contributed by atoms with van der Waals surface area (Å²) in [4.78, 5) is 9.65. The summed E-state index contributed by atoms with van der Waals surface area (Å²) in [6.45, 7) is 3.25. The first-order valence-electron chi connectivity index (χ1n) is 6.19. The summed E-state index contributed by atoms with van der Waals surface area (Å²) in [6, 6.07) is 6.41. The molecule has 1 saturated heterocycles. The molecule has 1 aliphatic rings. The number of nitrogens with zero attached hydrogens (tertiary/aromatic N) is 1. The van der Waals surface area contributed by atoms with Gasteiger partial charge in [-0.05, 0) is 50.2 Å². The van der Waals surface area contributed by atoms with Gasteiger partial charge in [-0.3, -0.25) is 4.84 Å². The molecule has 1 aliphatic heterocycles. The molecule has 0 aromatic heterocycles. The molecule has 5 nitrogen and oxygen atoms in total. The third kappa shape index (κ3) is 4.54. The van der Waals surface area contributed by atoms with Crippen molar-refractivity contribution in [3.05, 3.63) is 28.7 Å². The van der Waals surface area contributed by atoms with Crippen molar-refractivity contribution in [1.82, 2.24) is 9.79 Å². The van der Waals surface area contributed by atoms with E-state index in [0.29, 0.717) is 6.61 Å². The van der Waals surface area contributed by atoms with Gasteiger partial charge in [-0.1, -0.05) is 20.8 Å². The van der Waals surface area contributed by atoms with E-state index in [0.717, 1.165) is 24.1 Å². The maximum Gasteiger partial charge on any atom is 0.262 e. The topological polar surface area (TPSA) is 58.6 Å². The smallest absolute Gasteiger partial charge is 0.262 e. The maximum absolute atomic E-state index is 11.9. The summed E-state index contributed by atoms with van der Waals surface area (Å²) in [5.74, 6) is 0. The van der Waals surface area contributed by atoms with Crippen LogP contribution in [0.1, 0.15) is 12.8 Å². The second-order valence-electron chi connectivity index (χ2n) is 4.44. The largest absolute Gasteiger partial charge is 0.301 e. The number of likely N-dealkylation sites (tertiary alicyclic amines) is 1. The van der Waals surface area contributed by atoms with Crippen molar-refractivity contribution in [2.24, 2.45) is 0 Å². The lowest BCUT2D eigenvalue weighted by molar-refractivity contribution is 0.0756. The van der Waals surface area contributed by atoms with Gasteiger partial charge in [0.25, 0.3) is 10.0 Å².